The van der Waals surface area contributed by atoms with Crippen LogP contribution in [-0.2, 0) is 6.42 Å². The van der Waals surface area contributed by atoms with Crippen molar-refractivity contribution in [1.29, 1.82) is 0 Å². The molecule has 1 aliphatic heterocycles. The van der Waals surface area contributed by atoms with Gasteiger partial charge < -0.3 is 10.1 Å². The summed E-state index contributed by atoms with van der Waals surface area (Å²) >= 11 is 0. The monoisotopic (exact) mass is 274 g/mol. The minimum Gasteiger partial charge on any atom is -0.494 e. The number of hydrogen-bond donors (Lipinski definition) is 1. The number of nitrogens with one attached hydrogen (secondary N) is 1. The molecule has 1 saturated heterocycles. The highest BCUT2D eigenvalue weighted by atomic mass is 16.5. The van der Waals surface area contributed by atoms with Gasteiger partial charge in [-0.3, -0.25) is 4.90 Å². The zero-order valence-electron chi connectivity index (χ0n) is 12.7. The van der Waals surface area contributed by atoms with Crippen LogP contribution in [0.3, 0.4) is 0 Å². The summed E-state index contributed by atoms with van der Waals surface area (Å²) < 4.78 is 5.88. The third-order valence-electron chi connectivity index (χ3n) is 4.82. The summed E-state index contributed by atoms with van der Waals surface area (Å²) in [6.07, 6.45) is 2.47. The fourth-order valence-electron chi connectivity index (χ4n) is 3.86. The van der Waals surface area contributed by atoms with Crippen molar-refractivity contribution in [3.05, 3.63) is 29.3 Å². The van der Waals surface area contributed by atoms with Crippen LogP contribution in [0.5, 0.6) is 5.75 Å². The fourth-order valence-corrected chi connectivity index (χ4v) is 3.86. The molecule has 0 saturated carbocycles. The maximum absolute atomic E-state index is 5.88. The van der Waals surface area contributed by atoms with Gasteiger partial charge >= 0.3 is 0 Å². The van der Waals surface area contributed by atoms with Crippen LogP contribution in [0.2, 0.25) is 0 Å². The van der Waals surface area contributed by atoms with Crippen LogP contribution < -0.4 is 10.1 Å². The molecule has 0 bridgehead atoms. The molecule has 0 radical (unpaired) electrons. The molecule has 1 aromatic carbocycles. The number of benzene rings is 1. The van der Waals surface area contributed by atoms with Gasteiger partial charge in [0.2, 0.25) is 0 Å². The van der Waals surface area contributed by atoms with Crippen molar-refractivity contribution >= 4 is 0 Å². The van der Waals surface area contributed by atoms with Gasteiger partial charge in [0.1, 0.15) is 5.75 Å². The molecule has 3 rings (SSSR count). The molecule has 0 amide bonds. The molecule has 1 heterocycles. The molecule has 2 atom stereocenters. The summed E-state index contributed by atoms with van der Waals surface area (Å²) in [5.74, 6) is 1.68. The van der Waals surface area contributed by atoms with Crippen molar-refractivity contribution in [2.45, 2.75) is 38.6 Å². The van der Waals surface area contributed by atoms with Crippen LogP contribution in [0, 0.1) is 0 Å². The molecule has 1 aliphatic carbocycles. The Hall–Kier alpha value is -1.06. The first-order valence-corrected chi connectivity index (χ1v) is 8.00. The van der Waals surface area contributed by atoms with Crippen LogP contribution in [0.4, 0.5) is 0 Å². The van der Waals surface area contributed by atoms with Crippen LogP contribution in [0.25, 0.3) is 0 Å². The number of aryl methyl sites for hydroxylation is 1. The minimum atomic E-state index is 0.569. The van der Waals surface area contributed by atoms with E-state index in [0.717, 1.165) is 25.4 Å². The third kappa shape index (κ3) is 2.57. The maximum atomic E-state index is 5.88. The van der Waals surface area contributed by atoms with E-state index in [1.807, 2.05) is 0 Å². The second kappa shape index (κ2) is 6.15. The Balaban J connectivity index is 1.86. The zero-order valence-corrected chi connectivity index (χ0v) is 12.7. The molecule has 2 unspecified atom stereocenters. The van der Waals surface area contributed by atoms with Gasteiger partial charge in [0.05, 0.1) is 6.61 Å². The zero-order chi connectivity index (χ0) is 13.9. The van der Waals surface area contributed by atoms with E-state index < -0.39 is 0 Å². The summed E-state index contributed by atoms with van der Waals surface area (Å²) in [4.78, 5) is 2.67. The van der Waals surface area contributed by atoms with Crippen molar-refractivity contribution in [3.8, 4) is 5.75 Å². The van der Waals surface area contributed by atoms with Crippen LogP contribution in [0.1, 0.15) is 37.3 Å². The lowest BCUT2D eigenvalue weighted by Gasteiger charge is -2.42. The van der Waals surface area contributed by atoms with Gasteiger partial charge in [-0.05, 0) is 31.4 Å². The molecule has 3 heteroatoms. The van der Waals surface area contributed by atoms with Gasteiger partial charge in [0.25, 0.3) is 0 Å². The number of fused-ring (bicyclic) bond motifs is 1. The van der Waals surface area contributed by atoms with Crippen molar-refractivity contribution in [2.24, 2.45) is 0 Å². The van der Waals surface area contributed by atoms with Crippen molar-refractivity contribution in [1.82, 2.24) is 10.2 Å². The Morgan fingerprint density at radius 3 is 2.85 bits per heavy atom. The van der Waals surface area contributed by atoms with E-state index in [1.165, 1.54) is 37.1 Å². The predicted molar refractivity (Wildman–Crippen MR) is 82.6 cm³/mol. The summed E-state index contributed by atoms with van der Waals surface area (Å²) in [6, 6.07) is 7.23. The first kappa shape index (κ1) is 13.9. The molecular formula is C17H26N2O. The normalized spacial score (nSPS) is 27.1. The summed E-state index contributed by atoms with van der Waals surface area (Å²) in [7, 11) is 0. The number of nitrogens with zero attached hydrogens (tertiary/aromatic N) is 1. The highest BCUT2D eigenvalue weighted by Gasteiger charge is 2.33. The molecule has 110 valence electrons. The minimum absolute atomic E-state index is 0.569. The number of ether oxygens (including phenoxy) is 1. The fraction of sp³-hybridized carbons (Fsp3) is 0.647. The van der Waals surface area contributed by atoms with E-state index in [4.69, 9.17) is 4.74 Å². The van der Waals surface area contributed by atoms with Gasteiger partial charge in [-0.2, -0.15) is 0 Å². The quantitative estimate of drug-likeness (QED) is 0.916. The Morgan fingerprint density at radius 1 is 1.30 bits per heavy atom. The van der Waals surface area contributed by atoms with E-state index in [0.29, 0.717) is 12.0 Å². The topological polar surface area (TPSA) is 24.5 Å². The highest BCUT2D eigenvalue weighted by Crippen LogP contribution is 2.40. The van der Waals surface area contributed by atoms with Gasteiger partial charge in [0.15, 0.2) is 0 Å². The number of piperazine rings is 1. The van der Waals surface area contributed by atoms with Crippen LogP contribution >= 0.6 is 0 Å². The molecule has 1 N–H and O–H groups in total. The molecule has 2 aliphatic rings. The van der Waals surface area contributed by atoms with E-state index in [2.05, 4.69) is 42.3 Å². The van der Waals surface area contributed by atoms with Crippen molar-refractivity contribution in [2.75, 3.05) is 32.8 Å². The van der Waals surface area contributed by atoms with E-state index >= 15 is 0 Å². The van der Waals surface area contributed by atoms with Gasteiger partial charge in [-0.15, -0.1) is 0 Å². The largest absolute Gasteiger partial charge is 0.494 e. The average Bonchev–Trinajstić information content (AvgIpc) is 2.49. The average molecular weight is 274 g/mol. The molecule has 1 aromatic rings. The molecule has 20 heavy (non-hydrogen) atoms. The Bertz CT molecular complexity index is 454. The second-order valence-electron chi connectivity index (χ2n) is 5.94. The second-order valence-corrected chi connectivity index (χ2v) is 5.94. The summed E-state index contributed by atoms with van der Waals surface area (Å²) in [5, 5.41) is 3.45. The Morgan fingerprint density at radius 2 is 2.10 bits per heavy atom. The summed E-state index contributed by atoms with van der Waals surface area (Å²) in [6.45, 7) is 9.82. The molecule has 1 fully saturated rings. The predicted octanol–water partition coefficient (Wildman–Crippen LogP) is 2.41. The lowest BCUT2D eigenvalue weighted by atomic mass is 9.79. The Labute approximate surface area is 122 Å². The van der Waals surface area contributed by atoms with E-state index in [9.17, 15) is 0 Å². The van der Waals surface area contributed by atoms with Crippen LogP contribution in [0.15, 0.2) is 18.2 Å². The SMILES string of the molecule is CCOc1cccc2c1C(C)C(N1CCNCC1)CC2. The molecule has 3 nitrogen and oxygen atoms in total. The molecule has 0 aromatic heterocycles. The lowest BCUT2D eigenvalue weighted by Crippen LogP contribution is -2.51. The number of rotatable bonds is 3. The summed E-state index contributed by atoms with van der Waals surface area (Å²) in [5.41, 5.74) is 2.96. The van der Waals surface area contributed by atoms with E-state index in [1.54, 1.807) is 0 Å². The maximum Gasteiger partial charge on any atom is 0.123 e. The Kier molecular flexibility index (Phi) is 4.27. The smallest absolute Gasteiger partial charge is 0.123 e. The molecule has 0 spiro atoms. The lowest BCUT2D eigenvalue weighted by molar-refractivity contribution is 0.139. The van der Waals surface area contributed by atoms with E-state index in [-0.39, 0.29) is 0 Å². The van der Waals surface area contributed by atoms with Crippen molar-refractivity contribution in [3.63, 3.8) is 0 Å². The third-order valence-corrected chi connectivity index (χ3v) is 4.82. The number of hydrogen-bond acceptors (Lipinski definition) is 3. The van der Waals surface area contributed by atoms with Gasteiger partial charge in [0, 0.05) is 43.7 Å². The van der Waals surface area contributed by atoms with Crippen molar-refractivity contribution < 1.29 is 4.74 Å². The molecular weight excluding hydrogens is 248 g/mol. The van der Waals surface area contributed by atoms with Gasteiger partial charge in [-0.1, -0.05) is 19.1 Å². The van der Waals surface area contributed by atoms with Crippen LogP contribution in [-0.4, -0.2) is 43.7 Å². The first-order valence-electron chi connectivity index (χ1n) is 8.00. The highest BCUT2D eigenvalue weighted by molar-refractivity contribution is 5.45. The standard InChI is InChI=1S/C17H26N2O/c1-3-20-16-6-4-5-14-7-8-15(13(2)17(14)16)19-11-9-18-10-12-19/h4-6,13,15,18H,3,7-12H2,1-2H3. The van der Waals surface area contributed by atoms with Gasteiger partial charge in [-0.25, -0.2) is 0 Å². The first-order chi connectivity index (χ1) is 9.81.